The van der Waals surface area contributed by atoms with Crippen LogP contribution in [0.2, 0.25) is 0 Å². The van der Waals surface area contributed by atoms with Crippen molar-refractivity contribution >= 4 is 5.97 Å². The van der Waals surface area contributed by atoms with Crippen LogP contribution < -0.4 is 5.73 Å². The summed E-state index contributed by atoms with van der Waals surface area (Å²) in [6.45, 7) is 3.36. The van der Waals surface area contributed by atoms with Gasteiger partial charge in [0, 0.05) is 6.04 Å². The Kier molecular flexibility index (Phi) is 7.19. The third-order valence-electron chi connectivity index (χ3n) is 4.60. The maximum absolute atomic E-state index is 14.4. The second-order valence-corrected chi connectivity index (χ2v) is 7.04. The molecule has 0 aromatic rings. The topological polar surface area (TPSA) is 83.5 Å². The number of rotatable bonds is 8. The van der Waals surface area contributed by atoms with Crippen LogP contribution in [0.15, 0.2) is 0 Å². The molecule has 0 aliphatic heterocycles. The molecule has 0 radical (unpaired) electrons. The van der Waals surface area contributed by atoms with Gasteiger partial charge in [-0.25, -0.2) is 8.78 Å². The van der Waals surface area contributed by atoms with Gasteiger partial charge in [-0.3, -0.25) is 4.79 Å². The number of carboxylic acid groups (broad SMARTS) is 1. The van der Waals surface area contributed by atoms with Gasteiger partial charge in [0.15, 0.2) is 0 Å². The number of hydrogen-bond acceptors (Lipinski definition) is 3. The number of carboxylic acids is 1. The fraction of sp³-hybridized carbons (Fsp3) is 0.938. The van der Waals surface area contributed by atoms with Gasteiger partial charge in [-0.05, 0) is 24.7 Å². The lowest BCUT2D eigenvalue weighted by Gasteiger charge is -2.34. The van der Waals surface area contributed by atoms with E-state index in [4.69, 9.17) is 10.8 Å². The van der Waals surface area contributed by atoms with Crippen LogP contribution >= 0.6 is 0 Å². The highest BCUT2D eigenvalue weighted by atomic mass is 19.3. The van der Waals surface area contributed by atoms with Crippen molar-refractivity contribution in [3.8, 4) is 0 Å². The van der Waals surface area contributed by atoms with Crippen LogP contribution in [0.25, 0.3) is 0 Å². The summed E-state index contributed by atoms with van der Waals surface area (Å²) in [5, 5.41) is 19.0. The molecule has 0 bridgehead atoms. The molecule has 1 fully saturated rings. The zero-order chi connectivity index (χ0) is 16.9. The Hall–Kier alpha value is -0.750. The van der Waals surface area contributed by atoms with Gasteiger partial charge in [0.1, 0.15) is 12.0 Å². The Labute approximate surface area is 131 Å². The second kappa shape index (κ2) is 8.20. The summed E-state index contributed by atoms with van der Waals surface area (Å²) in [5.74, 6) is -7.15. The molecule has 1 aliphatic rings. The minimum absolute atomic E-state index is 0.185. The molecule has 0 saturated heterocycles. The maximum Gasteiger partial charge on any atom is 0.312 e. The van der Waals surface area contributed by atoms with Crippen molar-refractivity contribution in [2.75, 3.05) is 0 Å². The summed E-state index contributed by atoms with van der Waals surface area (Å²) < 4.78 is 28.8. The SMILES string of the molecule is CC(C)C[C@H](C(=O)O)C(F)(F)[C@@H](O)[C@H](N)CC1CCCCC1. The van der Waals surface area contributed by atoms with E-state index >= 15 is 0 Å². The van der Waals surface area contributed by atoms with Crippen molar-refractivity contribution < 1.29 is 23.8 Å². The number of aliphatic hydroxyl groups excluding tert-OH is 1. The summed E-state index contributed by atoms with van der Waals surface area (Å²) in [4.78, 5) is 11.2. The van der Waals surface area contributed by atoms with Crippen LogP contribution in [0.5, 0.6) is 0 Å². The smallest absolute Gasteiger partial charge is 0.312 e. The Bertz CT molecular complexity index is 357. The van der Waals surface area contributed by atoms with Gasteiger partial charge in [-0.1, -0.05) is 46.0 Å². The average Bonchev–Trinajstić information content (AvgIpc) is 2.44. The zero-order valence-electron chi connectivity index (χ0n) is 13.5. The van der Waals surface area contributed by atoms with Crippen LogP contribution in [0, 0.1) is 17.8 Å². The summed E-state index contributed by atoms with van der Waals surface area (Å²) in [6, 6.07) is -1.09. The van der Waals surface area contributed by atoms with E-state index in [1.54, 1.807) is 13.8 Å². The van der Waals surface area contributed by atoms with Gasteiger partial charge >= 0.3 is 5.97 Å². The Balaban J connectivity index is 2.72. The van der Waals surface area contributed by atoms with Crippen molar-refractivity contribution in [2.45, 2.75) is 76.9 Å². The third-order valence-corrected chi connectivity index (χ3v) is 4.60. The van der Waals surface area contributed by atoms with Crippen LogP contribution in [0.3, 0.4) is 0 Å². The molecule has 3 atom stereocenters. The molecule has 0 amide bonds. The summed E-state index contributed by atoms with van der Waals surface area (Å²) in [7, 11) is 0. The molecular formula is C16H29F2NO3. The molecular weight excluding hydrogens is 292 g/mol. The van der Waals surface area contributed by atoms with E-state index in [1.807, 2.05) is 0 Å². The molecule has 0 aromatic heterocycles. The number of carbonyl (C=O) groups is 1. The number of aliphatic carboxylic acids is 1. The first-order valence-corrected chi connectivity index (χ1v) is 8.20. The molecule has 22 heavy (non-hydrogen) atoms. The highest BCUT2D eigenvalue weighted by Gasteiger charge is 2.52. The maximum atomic E-state index is 14.4. The van der Waals surface area contributed by atoms with E-state index in [0.29, 0.717) is 6.42 Å². The van der Waals surface area contributed by atoms with Gasteiger partial charge < -0.3 is 15.9 Å². The van der Waals surface area contributed by atoms with Gasteiger partial charge in [-0.15, -0.1) is 0 Å². The van der Waals surface area contributed by atoms with E-state index in [1.165, 1.54) is 0 Å². The van der Waals surface area contributed by atoms with E-state index < -0.39 is 30.0 Å². The first kappa shape index (κ1) is 19.3. The van der Waals surface area contributed by atoms with Crippen LogP contribution in [0.4, 0.5) is 8.78 Å². The largest absolute Gasteiger partial charge is 0.481 e. The van der Waals surface area contributed by atoms with Crippen molar-refractivity contribution in [3.05, 3.63) is 0 Å². The predicted octanol–water partition coefficient (Wildman–Crippen LogP) is 3.03. The summed E-state index contributed by atoms with van der Waals surface area (Å²) in [6.07, 6.45) is 3.19. The summed E-state index contributed by atoms with van der Waals surface area (Å²) in [5.41, 5.74) is 5.78. The fourth-order valence-electron chi connectivity index (χ4n) is 3.32. The first-order chi connectivity index (χ1) is 10.2. The molecule has 1 rings (SSSR count). The number of hydrogen-bond donors (Lipinski definition) is 3. The third kappa shape index (κ3) is 5.16. The standard InChI is InChI=1S/C16H29F2NO3/c1-10(2)8-12(15(21)22)16(17,18)14(20)13(19)9-11-6-4-3-5-7-11/h10-14,20H,3-9,19H2,1-2H3,(H,21,22)/t12-,13-,14+/m1/s1. The molecule has 0 spiro atoms. The molecule has 0 heterocycles. The molecule has 4 nitrogen and oxygen atoms in total. The highest BCUT2D eigenvalue weighted by molar-refractivity contribution is 5.71. The van der Waals surface area contributed by atoms with E-state index in [0.717, 1.165) is 32.1 Å². The van der Waals surface area contributed by atoms with E-state index in [-0.39, 0.29) is 18.3 Å². The van der Waals surface area contributed by atoms with Crippen LogP contribution in [-0.2, 0) is 4.79 Å². The Morgan fingerprint density at radius 2 is 1.82 bits per heavy atom. The molecule has 1 saturated carbocycles. The van der Waals surface area contributed by atoms with Gasteiger partial charge in [0.2, 0.25) is 0 Å². The monoisotopic (exact) mass is 321 g/mol. The lowest BCUT2D eigenvalue weighted by Crippen LogP contribution is -2.53. The van der Waals surface area contributed by atoms with Crippen molar-refractivity contribution in [1.29, 1.82) is 0 Å². The summed E-state index contributed by atoms with van der Waals surface area (Å²) >= 11 is 0. The van der Waals surface area contributed by atoms with Crippen LogP contribution in [-0.4, -0.2) is 34.3 Å². The number of alkyl halides is 2. The molecule has 4 N–H and O–H groups in total. The minimum Gasteiger partial charge on any atom is -0.481 e. The van der Waals surface area contributed by atoms with Gasteiger partial charge in [-0.2, -0.15) is 0 Å². The van der Waals surface area contributed by atoms with E-state index in [2.05, 4.69) is 0 Å². The van der Waals surface area contributed by atoms with Crippen LogP contribution in [0.1, 0.15) is 58.8 Å². The van der Waals surface area contributed by atoms with Crippen molar-refractivity contribution in [1.82, 2.24) is 0 Å². The Morgan fingerprint density at radius 3 is 2.27 bits per heavy atom. The lowest BCUT2D eigenvalue weighted by molar-refractivity contribution is -0.184. The lowest BCUT2D eigenvalue weighted by atomic mass is 9.80. The number of aliphatic hydroxyl groups is 1. The Morgan fingerprint density at radius 1 is 1.27 bits per heavy atom. The number of nitrogens with two attached hydrogens (primary N) is 1. The minimum atomic E-state index is -3.72. The molecule has 6 heteroatoms. The number of halogens is 2. The predicted molar refractivity (Wildman–Crippen MR) is 80.7 cm³/mol. The van der Waals surface area contributed by atoms with Crippen molar-refractivity contribution in [3.63, 3.8) is 0 Å². The fourth-order valence-corrected chi connectivity index (χ4v) is 3.32. The zero-order valence-corrected chi connectivity index (χ0v) is 13.5. The van der Waals surface area contributed by atoms with Gasteiger partial charge in [0.25, 0.3) is 5.92 Å². The van der Waals surface area contributed by atoms with E-state index in [9.17, 15) is 18.7 Å². The van der Waals surface area contributed by atoms with Gasteiger partial charge in [0.05, 0.1) is 0 Å². The highest BCUT2D eigenvalue weighted by Crippen LogP contribution is 2.36. The average molecular weight is 321 g/mol. The second-order valence-electron chi connectivity index (χ2n) is 7.04. The first-order valence-electron chi connectivity index (χ1n) is 8.20. The molecule has 0 unspecified atom stereocenters. The van der Waals surface area contributed by atoms with Crippen molar-refractivity contribution in [2.24, 2.45) is 23.5 Å². The quantitative estimate of drug-likeness (QED) is 0.641. The normalized spacial score (nSPS) is 21.6. The molecule has 130 valence electrons. The molecule has 1 aliphatic carbocycles. The molecule has 0 aromatic carbocycles.